The highest BCUT2D eigenvalue weighted by Crippen LogP contribution is 2.36. The van der Waals surface area contributed by atoms with E-state index in [1.54, 1.807) is 22.7 Å². The van der Waals surface area contributed by atoms with Crippen LogP contribution in [0.3, 0.4) is 0 Å². The molecule has 37 heavy (non-hydrogen) atoms. The molecule has 8 nitrogen and oxygen atoms in total. The van der Waals surface area contributed by atoms with E-state index in [0.717, 1.165) is 62.1 Å². The molecule has 0 aliphatic carbocycles. The molecule has 1 fully saturated rings. The summed E-state index contributed by atoms with van der Waals surface area (Å²) in [4.78, 5) is 21.3. The number of benzene rings is 2. The van der Waals surface area contributed by atoms with Crippen LogP contribution in [-0.4, -0.2) is 53.1 Å². The summed E-state index contributed by atoms with van der Waals surface area (Å²) in [6.07, 6.45) is 3.75. The van der Waals surface area contributed by atoms with Crippen LogP contribution < -0.4 is 19.3 Å². The van der Waals surface area contributed by atoms with E-state index in [2.05, 4.69) is 37.9 Å². The van der Waals surface area contributed by atoms with Crippen molar-refractivity contribution in [2.24, 2.45) is 0 Å². The summed E-state index contributed by atoms with van der Waals surface area (Å²) in [5.74, 6) is 1.76. The zero-order valence-corrected chi connectivity index (χ0v) is 22.5. The van der Waals surface area contributed by atoms with Gasteiger partial charge in [-0.3, -0.25) is 9.88 Å². The number of ether oxygens (including phenoxy) is 2. The van der Waals surface area contributed by atoms with Gasteiger partial charge in [0.1, 0.15) is 11.5 Å². The molecule has 0 amide bonds. The lowest BCUT2D eigenvalue weighted by Crippen LogP contribution is -2.55. The number of aromatic nitrogens is 3. The zero-order valence-electron chi connectivity index (χ0n) is 20.8. The van der Waals surface area contributed by atoms with Crippen LogP contribution in [0.4, 0.5) is 10.3 Å². The van der Waals surface area contributed by atoms with E-state index in [-0.39, 0.29) is 0 Å². The van der Waals surface area contributed by atoms with E-state index >= 15 is 0 Å². The number of hydrogen-bond donors (Lipinski definition) is 0. The summed E-state index contributed by atoms with van der Waals surface area (Å²) >= 11 is 3.39. The van der Waals surface area contributed by atoms with Crippen molar-refractivity contribution >= 4 is 53.4 Å². The second kappa shape index (κ2) is 10.5. The van der Waals surface area contributed by atoms with Crippen molar-refractivity contribution in [1.82, 2.24) is 19.9 Å². The lowest BCUT2D eigenvalue weighted by Gasteiger charge is -2.42. The van der Waals surface area contributed by atoms with Gasteiger partial charge in [0.25, 0.3) is 0 Å². The van der Waals surface area contributed by atoms with E-state index in [9.17, 15) is 0 Å². The molecule has 0 spiro atoms. The first-order valence-electron chi connectivity index (χ1n) is 12.4. The Morgan fingerprint density at radius 3 is 1.89 bits per heavy atom. The van der Waals surface area contributed by atoms with Crippen molar-refractivity contribution < 1.29 is 9.47 Å². The van der Waals surface area contributed by atoms with E-state index < -0.39 is 0 Å². The van der Waals surface area contributed by atoms with Gasteiger partial charge >= 0.3 is 0 Å². The Morgan fingerprint density at radius 1 is 0.784 bits per heavy atom. The number of hydrogen-bond acceptors (Lipinski definition) is 10. The lowest BCUT2D eigenvalue weighted by atomic mass is 10.2. The average Bonchev–Trinajstić information content (AvgIpc) is 3.53. The van der Waals surface area contributed by atoms with Crippen LogP contribution in [0.5, 0.6) is 11.5 Å². The highest BCUT2D eigenvalue weighted by atomic mass is 32.1. The number of nitrogens with zero attached hydrogens (tertiary/aromatic N) is 6. The van der Waals surface area contributed by atoms with Gasteiger partial charge in [0.2, 0.25) is 0 Å². The second-order valence-corrected chi connectivity index (χ2v) is 10.8. The minimum Gasteiger partial charge on any atom is -0.494 e. The quantitative estimate of drug-likeness (QED) is 0.248. The third-order valence-electron chi connectivity index (χ3n) is 6.07. The lowest BCUT2D eigenvalue weighted by molar-refractivity contribution is 0.233. The van der Waals surface area contributed by atoms with Gasteiger partial charge in [-0.15, -0.1) is 0 Å². The largest absolute Gasteiger partial charge is 0.494 e. The molecule has 10 heteroatoms. The molecule has 190 valence electrons. The molecule has 5 aromatic rings. The summed E-state index contributed by atoms with van der Waals surface area (Å²) in [5, 5.41) is 1.98. The average molecular weight is 533 g/mol. The Kier molecular flexibility index (Phi) is 6.77. The maximum atomic E-state index is 5.71. The Labute approximate surface area is 223 Å². The fourth-order valence-electron chi connectivity index (χ4n) is 4.48. The number of rotatable bonds is 8. The van der Waals surface area contributed by atoms with Gasteiger partial charge in [-0.1, -0.05) is 28.7 Å². The second-order valence-electron chi connectivity index (χ2n) is 8.81. The first-order valence-corrected chi connectivity index (χ1v) is 14.0. The van der Waals surface area contributed by atoms with Gasteiger partial charge in [0.05, 0.1) is 53.7 Å². The number of thiazole rings is 2. The SMILES string of the molecule is CCOc1ccc2nc(N3CN(Cc4cccnc4)CN(c4nc5ccc(OCC)cc5s4)C3)sc2c1. The van der Waals surface area contributed by atoms with Crippen molar-refractivity contribution in [2.45, 2.75) is 20.4 Å². The molecule has 0 atom stereocenters. The van der Waals surface area contributed by atoms with E-state index in [4.69, 9.17) is 19.4 Å². The highest BCUT2D eigenvalue weighted by molar-refractivity contribution is 7.22. The molecular formula is C27H28N6O2S2. The molecule has 4 heterocycles. The molecule has 1 aliphatic rings. The highest BCUT2D eigenvalue weighted by Gasteiger charge is 2.28. The topological polar surface area (TPSA) is 66.9 Å². The molecule has 0 N–H and O–H groups in total. The molecular weight excluding hydrogens is 504 g/mol. The predicted octanol–water partition coefficient (Wildman–Crippen LogP) is 5.80. The van der Waals surface area contributed by atoms with Gasteiger partial charge in [-0.2, -0.15) is 0 Å². The van der Waals surface area contributed by atoms with Crippen LogP contribution in [0.1, 0.15) is 19.4 Å². The van der Waals surface area contributed by atoms with E-state index in [0.29, 0.717) is 19.9 Å². The summed E-state index contributed by atoms with van der Waals surface area (Å²) in [6.45, 7) is 8.33. The van der Waals surface area contributed by atoms with Crippen molar-refractivity contribution in [3.8, 4) is 11.5 Å². The summed E-state index contributed by atoms with van der Waals surface area (Å²) < 4.78 is 13.7. The minimum atomic E-state index is 0.649. The zero-order chi connectivity index (χ0) is 25.2. The molecule has 6 rings (SSSR count). The van der Waals surface area contributed by atoms with Gasteiger partial charge < -0.3 is 19.3 Å². The van der Waals surface area contributed by atoms with Crippen molar-refractivity contribution in [3.63, 3.8) is 0 Å². The predicted molar refractivity (Wildman–Crippen MR) is 151 cm³/mol. The van der Waals surface area contributed by atoms with Crippen molar-refractivity contribution in [2.75, 3.05) is 43.0 Å². The van der Waals surface area contributed by atoms with Crippen LogP contribution in [0.2, 0.25) is 0 Å². The summed E-state index contributed by atoms with van der Waals surface area (Å²) in [5.41, 5.74) is 3.16. The molecule has 0 saturated carbocycles. The molecule has 0 radical (unpaired) electrons. The molecule has 3 aromatic heterocycles. The Balaban J connectivity index is 1.32. The molecule has 1 saturated heterocycles. The standard InChI is InChI=1S/C27H28N6O2S2/c1-3-34-20-7-9-22-24(12-20)36-26(29-22)32-16-31(15-19-6-5-11-28-14-19)17-33(18-32)27-30-23-10-8-21(35-4-2)13-25(23)37-27/h5-14H,3-4,15-18H2,1-2H3. The minimum absolute atomic E-state index is 0.649. The van der Waals surface area contributed by atoms with Crippen molar-refractivity contribution in [3.05, 3.63) is 66.5 Å². The first-order chi connectivity index (χ1) is 18.2. The maximum absolute atomic E-state index is 5.71. The summed E-state index contributed by atoms with van der Waals surface area (Å²) in [7, 11) is 0. The van der Waals surface area contributed by atoms with Crippen LogP contribution in [0.15, 0.2) is 60.9 Å². The van der Waals surface area contributed by atoms with Gasteiger partial charge in [-0.05, 0) is 61.9 Å². The van der Waals surface area contributed by atoms with Crippen LogP contribution in [0, 0.1) is 0 Å². The van der Waals surface area contributed by atoms with E-state index in [1.807, 2.05) is 56.6 Å². The Bertz CT molecular complexity index is 1410. The monoisotopic (exact) mass is 532 g/mol. The van der Waals surface area contributed by atoms with Gasteiger partial charge in [-0.25, -0.2) is 9.97 Å². The summed E-state index contributed by atoms with van der Waals surface area (Å²) in [6, 6.07) is 16.3. The fourth-order valence-corrected chi connectivity index (χ4v) is 6.44. The van der Waals surface area contributed by atoms with Gasteiger partial charge in [0, 0.05) is 18.9 Å². The van der Waals surface area contributed by atoms with Crippen LogP contribution in [0.25, 0.3) is 20.4 Å². The third-order valence-corrected chi connectivity index (χ3v) is 8.23. The van der Waals surface area contributed by atoms with Gasteiger partial charge in [0.15, 0.2) is 10.3 Å². The van der Waals surface area contributed by atoms with Crippen LogP contribution >= 0.6 is 22.7 Å². The number of anilines is 2. The maximum Gasteiger partial charge on any atom is 0.188 e. The smallest absolute Gasteiger partial charge is 0.188 e. The normalized spacial score (nSPS) is 14.5. The molecule has 0 unspecified atom stereocenters. The van der Waals surface area contributed by atoms with E-state index in [1.165, 1.54) is 5.56 Å². The molecule has 0 bridgehead atoms. The Morgan fingerprint density at radius 2 is 1.38 bits per heavy atom. The third kappa shape index (κ3) is 5.18. The number of pyridine rings is 1. The number of fused-ring (bicyclic) bond motifs is 2. The van der Waals surface area contributed by atoms with Crippen LogP contribution in [-0.2, 0) is 6.54 Å². The fraction of sp³-hybridized carbons (Fsp3) is 0.296. The molecule has 2 aromatic carbocycles. The Hall–Kier alpha value is -3.47. The molecule has 1 aliphatic heterocycles. The van der Waals surface area contributed by atoms with Crippen molar-refractivity contribution in [1.29, 1.82) is 0 Å². The first kappa shape index (κ1) is 23.9.